The summed E-state index contributed by atoms with van der Waals surface area (Å²) in [6.07, 6.45) is 3.77. The fourth-order valence-electron chi connectivity index (χ4n) is 3.16. The molecule has 5 heteroatoms. The zero-order valence-electron chi connectivity index (χ0n) is 13.9. The van der Waals surface area contributed by atoms with Crippen LogP contribution in [0.15, 0.2) is 42.6 Å². The lowest BCUT2D eigenvalue weighted by atomic mass is 9.89. The number of pyridine rings is 1. The number of carbonyl (C=O) groups excluding carboxylic acids is 1. The maximum atomic E-state index is 11.8. The van der Waals surface area contributed by atoms with Gasteiger partial charge in [0.25, 0.3) is 5.91 Å². The Hall–Kier alpha value is -2.56. The van der Waals surface area contributed by atoms with Gasteiger partial charge in [0, 0.05) is 25.8 Å². The average molecular weight is 325 g/mol. The van der Waals surface area contributed by atoms with E-state index >= 15 is 0 Å². The molecule has 0 saturated carbocycles. The molecule has 0 radical (unpaired) electrons. The third kappa shape index (κ3) is 3.67. The molecule has 1 fully saturated rings. The number of nitrogens with zero attached hydrogens (tertiary/aromatic N) is 2. The molecule has 0 spiro atoms. The number of hydrogen-bond donors (Lipinski definition) is 2. The highest BCUT2D eigenvalue weighted by molar-refractivity contribution is 5.94. The van der Waals surface area contributed by atoms with Gasteiger partial charge in [-0.3, -0.25) is 4.79 Å². The minimum absolute atomic E-state index is 0.0809. The maximum absolute atomic E-state index is 11.8. The molecule has 1 aliphatic heterocycles. The molecule has 3 rings (SSSR count). The number of amides is 1. The Labute approximate surface area is 142 Å². The minimum Gasteiger partial charge on any atom is -0.508 e. The molecule has 2 aromatic rings. The van der Waals surface area contributed by atoms with Gasteiger partial charge in [-0.25, -0.2) is 4.98 Å². The molecule has 5 nitrogen and oxygen atoms in total. The Bertz CT molecular complexity index is 675. The van der Waals surface area contributed by atoms with Crippen molar-refractivity contribution < 1.29 is 9.90 Å². The summed E-state index contributed by atoms with van der Waals surface area (Å²) in [5, 5.41) is 12.2. The van der Waals surface area contributed by atoms with E-state index in [2.05, 4.69) is 15.2 Å². The second kappa shape index (κ2) is 7.34. The number of hydrogen-bond acceptors (Lipinski definition) is 4. The van der Waals surface area contributed by atoms with Crippen molar-refractivity contribution in [3.63, 3.8) is 0 Å². The van der Waals surface area contributed by atoms with E-state index in [1.807, 2.05) is 31.2 Å². The van der Waals surface area contributed by atoms with Crippen molar-refractivity contribution in [3.05, 3.63) is 53.7 Å². The Kier molecular flexibility index (Phi) is 4.99. The van der Waals surface area contributed by atoms with Gasteiger partial charge in [0.2, 0.25) is 0 Å². The van der Waals surface area contributed by atoms with Gasteiger partial charge in [0.1, 0.15) is 11.6 Å². The monoisotopic (exact) mass is 325 g/mol. The Morgan fingerprint density at radius 1 is 1.21 bits per heavy atom. The highest BCUT2D eigenvalue weighted by Crippen LogP contribution is 2.30. The highest BCUT2D eigenvalue weighted by Gasteiger charge is 2.21. The van der Waals surface area contributed by atoms with Crippen molar-refractivity contribution in [1.82, 2.24) is 10.3 Å². The first-order valence-electron chi connectivity index (χ1n) is 8.45. The number of phenolic OH excluding ortho intramolecular Hbond substituents is 1. The van der Waals surface area contributed by atoms with Crippen molar-refractivity contribution in [2.24, 2.45) is 0 Å². The fourth-order valence-corrected chi connectivity index (χ4v) is 3.16. The predicted molar refractivity (Wildman–Crippen MR) is 94.5 cm³/mol. The van der Waals surface area contributed by atoms with Crippen LogP contribution in [0.25, 0.3) is 0 Å². The van der Waals surface area contributed by atoms with E-state index < -0.39 is 0 Å². The molecule has 0 atom stereocenters. The van der Waals surface area contributed by atoms with Gasteiger partial charge in [-0.05, 0) is 55.5 Å². The first kappa shape index (κ1) is 16.3. The molecule has 0 aliphatic carbocycles. The molecule has 1 aromatic carbocycles. The van der Waals surface area contributed by atoms with Gasteiger partial charge >= 0.3 is 0 Å². The number of aromatic nitrogens is 1. The molecule has 126 valence electrons. The van der Waals surface area contributed by atoms with Crippen LogP contribution in [0.3, 0.4) is 0 Å². The van der Waals surface area contributed by atoms with Crippen LogP contribution in [0.2, 0.25) is 0 Å². The van der Waals surface area contributed by atoms with Crippen molar-refractivity contribution in [2.75, 3.05) is 24.5 Å². The summed E-state index contributed by atoms with van der Waals surface area (Å²) in [4.78, 5) is 18.5. The van der Waals surface area contributed by atoms with E-state index in [9.17, 15) is 9.90 Å². The molecule has 1 amide bonds. The molecule has 0 bridgehead atoms. The highest BCUT2D eigenvalue weighted by atomic mass is 16.3. The summed E-state index contributed by atoms with van der Waals surface area (Å²) < 4.78 is 0. The summed E-state index contributed by atoms with van der Waals surface area (Å²) in [5.74, 6) is 1.68. The second-order valence-electron chi connectivity index (χ2n) is 6.12. The number of rotatable bonds is 4. The molecule has 0 unspecified atom stereocenters. The fraction of sp³-hybridized carbons (Fsp3) is 0.368. The van der Waals surface area contributed by atoms with Gasteiger partial charge in [-0.15, -0.1) is 0 Å². The lowest BCUT2D eigenvalue weighted by molar-refractivity contribution is 0.0955. The zero-order chi connectivity index (χ0) is 16.9. The number of phenols is 1. The van der Waals surface area contributed by atoms with Crippen LogP contribution in [0.5, 0.6) is 5.75 Å². The standard InChI is InChI=1S/C19H23N3O2/c1-2-20-19(24)16-5-8-18(21-13-16)22-11-9-15(10-12-22)14-3-6-17(23)7-4-14/h3-8,13,15,23H,2,9-12H2,1H3,(H,20,24). The third-order valence-corrected chi connectivity index (χ3v) is 4.53. The minimum atomic E-state index is -0.0809. The number of anilines is 1. The molecule has 24 heavy (non-hydrogen) atoms. The van der Waals surface area contributed by atoms with Crippen LogP contribution in [0, 0.1) is 0 Å². The first-order valence-corrected chi connectivity index (χ1v) is 8.45. The van der Waals surface area contributed by atoms with E-state index in [1.54, 1.807) is 18.3 Å². The first-order chi connectivity index (χ1) is 11.7. The van der Waals surface area contributed by atoms with Gasteiger partial charge in [0.05, 0.1) is 5.56 Å². The second-order valence-corrected chi connectivity index (χ2v) is 6.12. The van der Waals surface area contributed by atoms with Crippen molar-refractivity contribution in [1.29, 1.82) is 0 Å². The summed E-state index contributed by atoms with van der Waals surface area (Å²) in [6.45, 7) is 4.40. The van der Waals surface area contributed by atoms with E-state index in [0.717, 1.165) is 31.7 Å². The number of benzene rings is 1. The lowest BCUT2D eigenvalue weighted by Gasteiger charge is -2.33. The van der Waals surface area contributed by atoms with E-state index in [4.69, 9.17) is 0 Å². The number of piperidine rings is 1. The zero-order valence-corrected chi connectivity index (χ0v) is 13.9. The van der Waals surface area contributed by atoms with Crippen LogP contribution in [-0.2, 0) is 0 Å². The molecule has 1 aliphatic rings. The van der Waals surface area contributed by atoms with Crippen LogP contribution in [0.4, 0.5) is 5.82 Å². The molecular weight excluding hydrogens is 302 g/mol. The molecule has 2 N–H and O–H groups in total. The van der Waals surface area contributed by atoms with Crippen molar-refractivity contribution >= 4 is 11.7 Å². The van der Waals surface area contributed by atoms with E-state index in [-0.39, 0.29) is 5.91 Å². The summed E-state index contributed by atoms with van der Waals surface area (Å²) >= 11 is 0. The van der Waals surface area contributed by atoms with Gasteiger partial charge in [-0.1, -0.05) is 12.1 Å². The van der Waals surface area contributed by atoms with E-state index in [1.165, 1.54) is 5.56 Å². The molecular formula is C19H23N3O2. The largest absolute Gasteiger partial charge is 0.508 e. The number of aromatic hydroxyl groups is 1. The van der Waals surface area contributed by atoms with Crippen molar-refractivity contribution in [3.8, 4) is 5.75 Å². The smallest absolute Gasteiger partial charge is 0.252 e. The SMILES string of the molecule is CCNC(=O)c1ccc(N2CCC(c3ccc(O)cc3)CC2)nc1. The van der Waals surface area contributed by atoms with Crippen molar-refractivity contribution in [2.45, 2.75) is 25.7 Å². The molecule has 1 saturated heterocycles. The normalized spacial score (nSPS) is 15.3. The topological polar surface area (TPSA) is 65.5 Å². The van der Waals surface area contributed by atoms with Crippen LogP contribution >= 0.6 is 0 Å². The molecule has 2 heterocycles. The van der Waals surface area contributed by atoms with Crippen LogP contribution in [0.1, 0.15) is 41.6 Å². The average Bonchev–Trinajstić information content (AvgIpc) is 2.63. The summed E-state index contributed by atoms with van der Waals surface area (Å²) in [5.41, 5.74) is 1.88. The lowest BCUT2D eigenvalue weighted by Crippen LogP contribution is -2.33. The Morgan fingerprint density at radius 2 is 1.92 bits per heavy atom. The Balaban J connectivity index is 1.60. The van der Waals surface area contributed by atoms with Gasteiger partial charge in [-0.2, -0.15) is 0 Å². The van der Waals surface area contributed by atoms with Gasteiger partial charge in [0.15, 0.2) is 0 Å². The van der Waals surface area contributed by atoms with Crippen LogP contribution in [-0.4, -0.2) is 35.6 Å². The van der Waals surface area contributed by atoms with E-state index in [0.29, 0.717) is 23.8 Å². The maximum Gasteiger partial charge on any atom is 0.252 e. The van der Waals surface area contributed by atoms with Crippen LogP contribution < -0.4 is 10.2 Å². The predicted octanol–water partition coefficient (Wildman–Crippen LogP) is 2.92. The quantitative estimate of drug-likeness (QED) is 0.907. The summed E-state index contributed by atoms with van der Waals surface area (Å²) in [6, 6.07) is 11.3. The molecule has 1 aromatic heterocycles. The van der Waals surface area contributed by atoms with Gasteiger partial charge < -0.3 is 15.3 Å². The summed E-state index contributed by atoms with van der Waals surface area (Å²) in [7, 11) is 0. The Morgan fingerprint density at radius 3 is 2.50 bits per heavy atom. The number of carbonyl (C=O) groups is 1. The third-order valence-electron chi connectivity index (χ3n) is 4.53. The number of nitrogens with one attached hydrogen (secondary N) is 1.